The predicted octanol–water partition coefficient (Wildman–Crippen LogP) is 6.25. The summed E-state index contributed by atoms with van der Waals surface area (Å²) in [5, 5.41) is 4.39. The van der Waals surface area contributed by atoms with Crippen molar-refractivity contribution in [3.8, 4) is 5.75 Å². The van der Waals surface area contributed by atoms with Crippen molar-refractivity contribution in [1.29, 1.82) is 0 Å². The van der Waals surface area contributed by atoms with Gasteiger partial charge in [0.1, 0.15) is 5.75 Å². The van der Waals surface area contributed by atoms with Crippen LogP contribution in [-0.4, -0.2) is 41.0 Å². The summed E-state index contributed by atoms with van der Waals surface area (Å²) < 4.78 is 5.42. The Kier molecular flexibility index (Phi) is 6.42. The molecular formula is C26H27N3O2S2. The number of hydrogen-bond donors (Lipinski definition) is 1. The predicted molar refractivity (Wildman–Crippen MR) is 136 cm³/mol. The summed E-state index contributed by atoms with van der Waals surface area (Å²) >= 11 is 3.36. The number of nitrogens with zero attached hydrogens (tertiary/aromatic N) is 2. The Labute approximate surface area is 202 Å². The van der Waals surface area contributed by atoms with E-state index in [0.29, 0.717) is 5.92 Å². The van der Waals surface area contributed by atoms with Gasteiger partial charge in [-0.15, -0.1) is 23.1 Å². The molecule has 170 valence electrons. The van der Waals surface area contributed by atoms with Gasteiger partial charge in [-0.2, -0.15) is 0 Å². The van der Waals surface area contributed by atoms with Crippen LogP contribution in [0.3, 0.4) is 0 Å². The number of carbonyl (C=O) groups is 1. The highest BCUT2D eigenvalue weighted by atomic mass is 32.2. The summed E-state index contributed by atoms with van der Waals surface area (Å²) in [5.74, 6) is 2.22. The van der Waals surface area contributed by atoms with Crippen LogP contribution in [0.5, 0.6) is 5.75 Å². The number of hydrogen-bond acceptors (Lipinski definition) is 5. The Morgan fingerprint density at radius 1 is 1.24 bits per heavy atom. The number of rotatable bonds is 6. The van der Waals surface area contributed by atoms with Gasteiger partial charge in [-0.3, -0.25) is 4.79 Å². The molecule has 2 aromatic heterocycles. The lowest BCUT2D eigenvalue weighted by molar-refractivity contribution is 0.0710. The second-order valence-corrected chi connectivity index (χ2v) is 10.4. The molecular weight excluding hydrogens is 450 g/mol. The van der Waals surface area contributed by atoms with Crippen molar-refractivity contribution >= 4 is 39.9 Å². The number of thiazole rings is 1. The molecule has 0 saturated carbocycles. The molecule has 33 heavy (non-hydrogen) atoms. The number of amides is 1. The van der Waals surface area contributed by atoms with Crippen LogP contribution in [0, 0.1) is 6.92 Å². The molecule has 4 aromatic rings. The van der Waals surface area contributed by atoms with E-state index in [0.717, 1.165) is 64.1 Å². The summed E-state index contributed by atoms with van der Waals surface area (Å²) in [6.07, 6.45) is 4.05. The summed E-state index contributed by atoms with van der Waals surface area (Å²) in [6.45, 7) is 3.56. The zero-order chi connectivity index (χ0) is 22.8. The van der Waals surface area contributed by atoms with Crippen molar-refractivity contribution in [2.45, 2.75) is 36.3 Å². The van der Waals surface area contributed by atoms with Crippen LogP contribution in [0.4, 0.5) is 0 Å². The fraction of sp³-hybridized carbons (Fsp3) is 0.308. The normalized spacial score (nSPS) is 14.7. The number of benzene rings is 2. The molecule has 0 aliphatic carbocycles. The maximum atomic E-state index is 13.4. The number of likely N-dealkylation sites (tertiary alicyclic amines) is 1. The van der Waals surface area contributed by atoms with Crippen LogP contribution in [-0.2, 0) is 5.75 Å². The van der Waals surface area contributed by atoms with Crippen LogP contribution in [0.2, 0.25) is 0 Å². The minimum Gasteiger partial charge on any atom is -0.497 e. The zero-order valence-corrected chi connectivity index (χ0v) is 20.5. The molecule has 1 saturated heterocycles. The van der Waals surface area contributed by atoms with Crippen molar-refractivity contribution in [2.24, 2.45) is 0 Å². The monoisotopic (exact) mass is 477 g/mol. The van der Waals surface area contributed by atoms with Crippen molar-refractivity contribution in [1.82, 2.24) is 14.9 Å². The first-order valence-electron chi connectivity index (χ1n) is 11.2. The molecule has 7 heteroatoms. The number of nitrogens with one attached hydrogen (secondary N) is 1. The first-order chi connectivity index (χ1) is 16.1. The molecule has 0 atom stereocenters. The van der Waals surface area contributed by atoms with Crippen molar-refractivity contribution in [3.05, 3.63) is 75.9 Å². The molecule has 0 spiro atoms. The molecule has 1 N–H and O–H groups in total. The highest BCUT2D eigenvalue weighted by Crippen LogP contribution is 2.35. The van der Waals surface area contributed by atoms with Gasteiger partial charge in [-0.25, -0.2) is 4.98 Å². The Morgan fingerprint density at radius 3 is 2.82 bits per heavy atom. The van der Waals surface area contributed by atoms with E-state index in [1.54, 1.807) is 30.2 Å². The molecule has 1 amide bonds. The van der Waals surface area contributed by atoms with E-state index in [1.807, 2.05) is 42.2 Å². The maximum absolute atomic E-state index is 13.4. The molecule has 5 nitrogen and oxygen atoms in total. The number of aromatic nitrogens is 2. The third-order valence-corrected chi connectivity index (χ3v) is 8.23. The van der Waals surface area contributed by atoms with E-state index in [2.05, 4.69) is 33.7 Å². The van der Waals surface area contributed by atoms with Gasteiger partial charge in [0.15, 0.2) is 0 Å². The molecule has 5 rings (SSSR count). The van der Waals surface area contributed by atoms with E-state index >= 15 is 0 Å². The van der Waals surface area contributed by atoms with E-state index in [9.17, 15) is 4.79 Å². The quantitative estimate of drug-likeness (QED) is 0.333. The van der Waals surface area contributed by atoms with Gasteiger partial charge in [-0.1, -0.05) is 12.1 Å². The van der Waals surface area contributed by atoms with E-state index in [1.165, 1.54) is 10.9 Å². The first kappa shape index (κ1) is 22.0. The Balaban J connectivity index is 1.27. The van der Waals surface area contributed by atoms with Crippen LogP contribution < -0.4 is 4.74 Å². The summed E-state index contributed by atoms with van der Waals surface area (Å²) in [4.78, 5) is 24.4. The minimum absolute atomic E-state index is 0.131. The lowest BCUT2D eigenvalue weighted by Crippen LogP contribution is -2.38. The summed E-state index contributed by atoms with van der Waals surface area (Å²) in [6, 6.07) is 14.1. The third kappa shape index (κ3) is 4.66. The fourth-order valence-corrected chi connectivity index (χ4v) is 6.20. The number of aromatic amines is 1. The van der Waals surface area contributed by atoms with E-state index in [4.69, 9.17) is 4.74 Å². The maximum Gasteiger partial charge on any atom is 0.254 e. The molecule has 0 radical (unpaired) electrons. The molecule has 0 unspecified atom stereocenters. The van der Waals surface area contributed by atoms with Gasteiger partial charge in [0, 0.05) is 46.2 Å². The average molecular weight is 478 g/mol. The van der Waals surface area contributed by atoms with Crippen LogP contribution >= 0.6 is 23.1 Å². The molecule has 3 heterocycles. The second-order valence-electron chi connectivity index (χ2n) is 8.36. The number of piperidine rings is 1. The first-order valence-corrected chi connectivity index (χ1v) is 13.1. The van der Waals surface area contributed by atoms with Crippen LogP contribution in [0.15, 0.2) is 58.9 Å². The fourth-order valence-electron chi connectivity index (χ4n) is 4.55. The lowest BCUT2D eigenvalue weighted by atomic mass is 9.89. The molecule has 0 bridgehead atoms. The third-order valence-electron chi connectivity index (χ3n) is 6.30. The number of methoxy groups -OCH3 is 1. The number of H-pyrrole nitrogens is 1. The van der Waals surface area contributed by atoms with Crippen LogP contribution in [0.25, 0.3) is 10.9 Å². The summed E-state index contributed by atoms with van der Waals surface area (Å²) in [7, 11) is 1.70. The van der Waals surface area contributed by atoms with Crippen molar-refractivity contribution in [2.75, 3.05) is 20.2 Å². The number of fused-ring (bicyclic) bond motifs is 1. The van der Waals surface area contributed by atoms with E-state index in [-0.39, 0.29) is 5.91 Å². The number of thioether (sulfide) groups is 1. The largest absolute Gasteiger partial charge is 0.497 e. The smallest absolute Gasteiger partial charge is 0.254 e. The Bertz CT molecular complexity index is 1270. The van der Waals surface area contributed by atoms with E-state index < -0.39 is 0 Å². The standard InChI is InChI=1S/C26H27N3O2S2/c1-17-28-19(15-32-17)16-33-25-6-4-3-5-21(25)26(30)29-11-9-18(10-12-29)23-14-27-24-8-7-20(31-2)13-22(23)24/h3-8,13-15,18,27H,9-12,16H2,1-2H3. The highest BCUT2D eigenvalue weighted by molar-refractivity contribution is 7.98. The number of ether oxygens (including phenoxy) is 1. The molecule has 1 fully saturated rings. The Morgan fingerprint density at radius 2 is 2.06 bits per heavy atom. The molecule has 2 aromatic carbocycles. The lowest BCUT2D eigenvalue weighted by Gasteiger charge is -2.32. The van der Waals surface area contributed by atoms with Gasteiger partial charge in [0.2, 0.25) is 0 Å². The number of carbonyl (C=O) groups excluding carboxylic acids is 1. The second kappa shape index (κ2) is 9.61. The average Bonchev–Trinajstić information content (AvgIpc) is 3.48. The Hall–Kier alpha value is -2.77. The number of aryl methyl sites for hydroxylation is 1. The van der Waals surface area contributed by atoms with Gasteiger partial charge in [0.25, 0.3) is 5.91 Å². The van der Waals surface area contributed by atoms with Gasteiger partial charge in [-0.05, 0) is 61.6 Å². The minimum atomic E-state index is 0.131. The SMILES string of the molecule is COc1ccc2[nH]cc(C3CCN(C(=O)c4ccccc4SCc4csc(C)n4)CC3)c2c1. The van der Waals surface area contributed by atoms with Gasteiger partial charge < -0.3 is 14.6 Å². The van der Waals surface area contributed by atoms with Crippen molar-refractivity contribution in [3.63, 3.8) is 0 Å². The van der Waals surface area contributed by atoms with Crippen LogP contribution in [0.1, 0.15) is 45.4 Å². The van der Waals surface area contributed by atoms with Gasteiger partial charge >= 0.3 is 0 Å². The van der Waals surface area contributed by atoms with Gasteiger partial charge in [0.05, 0.1) is 23.4 Å². The molecule has 1 aliphatic heterocycles. The zero-order valence-electron chi connectivity index (χ0n) is 18.8. The summed E-state index contributed by atoms with van der Waals surface area (Å²) in [5.41, 5.74) is 4.32. The highest BCUT2D eigenvalue weighted by Gasteiger charge is 2.27. The molecule has 1 aliphatic rings. The topological polar surface area (TPSA) is 58.2 Å². The van der Waals surface area contributed by atoms with Crippen molar-refractivity contribution < 1.29 is 9.53 Å².